The molecule has 0 spiro atoms. The van der Waals surface area contributed by atoms with Crippen LogP contribution in [0.4, 0.5) is 0 Å². The van der Waals surface area contributed by atoms with Crippen molar-refractivity contribution >= 4 is 10.0 Å². The lowest BCUT2D eigenvalue weighted by Crippen LogP contribution is -2.33. The van der Waals surface area contributed by atoms with E-state index in [0.29, 0.717) is 24.7 Å². The van der Waals surface area contributed by atoms with Gasteiger partial charge in [-0.25, -0.2) is 8.42 Å². The van der Waals surface area contributed by atoms with Crippen molar-refractivity contribution in [1.29, 1.82) is 0 Å². The molecule has 0 aromatic heterocycles. The first kappa shape index (κ1) is 17.4. The van der Waals surface area contributed by atoms with Crippen LogP contribution < -0.4 is 9.47 Å². The van der Waals surface area contributed by atoms with E-state index in [4.69, 9.17) is 9.47 Å². The molecule has 1 aliphatic heterocycles. The normalized spacial score (nSPS) is 19.7. The highest BCUT2D eigenvalue weighted by molar-refractivity contribution is 7.89. The Balaban J connectivity index is 1.68. The first-order valence-corrected chi connectivity index (χ1v) is 10.5. The molecule has 0 fully saturated rings. The molecule has 0 saturated heterocycles. The van der Waals surface area contributed by atoms with Crippen LogP contribution in [-0.2, 0) is 16.4 Å². The van der Waals surface area contributed by atoms with Gasteiger partial charge in [0.2, 0.25) is 10.0 Å². The Kier molecular flexibility index (Phi) is 4.63. The molecule has 138 valence electrons. The van der Waals surface area contributed by atoms with Gasteiger partial charge < -0.3 is 9.47 Å². The van der Waals surface area contributed by atoms with Gasteiger partial charge in [0.05, 0.1) is 18.1 Å². The number of hydrogen-bond acceptors (Lipinski definition) is 4. The molecule has 4 rings (SSSR count). The van der Waals surface area contributed by atoms with Crippen LogP contribution in [0.1, 0.15) is 36.4 Å². The van der Waals surface area contributed by atoms with Crippen molar-refractivity contribution in [3.05, 3.63) is 53.6 Å². The van der Waals surface area contributed by atoms with Crippen molar-refractivity contribution in [1.82, 2.24) is 4.31 Å². The minimum atomic E-state index is -3.63. The fourth-order valence-electron chi connectivity index (χ4n) is 3.74. The summed E-state index contributed by atoms with van der Waals surface area (Å²) in [6.45, 7) is 1.11. The second-order valence-corrected chi connectivity index (χ2v) is 8.78. The summed E-state index contributed by atoms with van der Waals surface area (Å²) in [5.41, 5.74) is 2.35. The summed E-state index contributed by atoms with van der Waals surface area (Å²) >= 11 is 0. The molecule has 0 saturated carbocycles. The van der Waals surface area contributed by atoms with Gasteiger partial charge in [0.15, 0.2) is 11.5 Å². The molecule has 6 heteroatoms. The Morgan fingerprint density at radius 3 is 2.62 bits per heavy atom. The SMILES string of the molecule is CN([C@H]1CCCc2ccccc21)S(=O)(=O)c1ccc2c(c1)OCCCO2. The lowest BCUT2D eigenvalue weighted by atomic mass is 9.88. The monoisotopic (exact) mass is 373 g/mol. The lowest BCUT2D eigenvalue weighted by molar-refractivity contribution is 0.296. The second-order valence-electron chi connectivity index (χ2n) is 6.79. The maximum atomic E-state index is 13.2. The van der Waals surface area contributed by atoms with Crippen LogP contribution in [0.25, 0.3) is 0 Å². The van der Waals surface area contributed by atoms with Crippen LogP contribution in [0.5, 0.6) is 11.5 Å². The molecule has 2 aromatic carbocycles. The van der Waals surface area contributed by atoms with Crippen LogP contribution in [0.15, 0.2) is 47.4 Å². The first-order valence-electron chi connectivity index (χ1n) is 9.03. The van der Waals surface area contributed by atoms with Crippen molar-refractivity contribution in [2.75, 3.05) is 20.3 Å². The van der Waals surface area contributed by atoms with Gasteiger partial charge in [-0.2, -0.15) is 4.31 Å². The fourth-order valence-corrected chi connectivity index (χ4v) is 5.13. The minimum absolute atomic E-state index is 0.138. The predicted molar refractivity (Wildman–Crippen MR) is 99.1 cm³/mol. The summed E-state index contributed by atoms with van der Waals surface area (Å²) in [6.07, 6.45) is 3.61. The summed E-state index contributed by atoms with van der Waals surface area (Å²) in [5, 5.41) is 0. The Morgan fingerprint density at radius 2 is 1.77 bits per heavy atom. The minimum Gasteiger partial charge on any atom is -0.490 e. The molecular weight excluding hydrogens is 350 g/mol. The third-order valence-corrected chi connectivity index (χ3v) is 7.04. The van der Waals surface area contributed by atoms with E-state index in [-0.39, 0.29) is 10.9 Å². The molecule has 5 nitrogen and oxygen atoms in total. The Bertz CT molecular complexity index is 910. The molecule has 1 aliphatic carbocycles. The summed E-state index contributed by atoms with van der Waals surface area (Å²) in [6, 6.07) is 12.9. The number of rotatable bonds is 3. The lowest BCUT2D eigenvalue weighted by Gasteiger charge is -2.32. The summed E-state index contributed by atoms with van der Waals surface area (Å²) in [4.78, 5) is 0.243. The zero-order chi connectivity index (χ0) is 18.1. The average Bonchev–Trinajstić information content (AvgIpc) is 2.91. The van der Waals surface area contributed by atoms with Crippen LogP contribution in [0, 0.1) is 0 Å². The number of benzene rings is 2. The van der Waals surface area contributed by atoms with Gasteiger partial charge in [-0.1, -0.05) is 24.3 Å². The van der Waals surface area contributed by atoms with Gasteiger partial charge in [0.25, 0.3) is 0 Å². The van der Waals surface area contributed by atoms with Gasteiger partial charge >= 0.3 is 0 Å². The third-order valence-electron chi connectivity index (χ3n) is 5.17. The van der Waals surface area contributed by atoms with E-state index >= 15 is 0 Å². The summed E-state index contributed by atoms with van der Waals surface area (Å²) < 4.78 is 39.3. The molecule has 2 aliphatic rings. The molecule has 1 atom stereocenters. The van der Waals surface area contributed by atoms with Crippen LogP contribution in [0.2, 0.25) is 0 Å². The summed E-state index contributed by atoms with van der Waals surface area (Å²) in [7, 11) is -1.96. The Hall–Kier alpha value is -2.05. The quantitative estimate of drug-likeness (QED) is 0.826. The number of ether oxygens (including phenoxy) is 2. The maximum absolute atomic E-state index is 13.2. The molecule has 0 bridgehead atoms. The smallest absolute Gasteiger partial charge is 0.243 e. The number of fused-ring (bicyclic) bond motifs is 2. The van der Waals surface area contributed by atoms with Crippen LogP contribution in [-0.4, -0.2) is 33.0 Å². The van der Waals surface area contributed by atoms with E-state index in [2.05, 4.69) is 6.07 Å². The Morgan fingerprint density at radius 1 is 1.00 bits per heavy atom. The molecule has 0 radical (unpaired) electrons. The molecular formula is C20H23NO4S. The number of nitrogens with zero attached hydrogens (tertiary/aromatic N) is 1. The standard InChI is InChI=1S/C20H23NO4S/c1-21(18-9-4-7-15-6-2-3-8-17(15)18)26(22,23)16-10-11-19-20(14-16)25-13-5-12-24-19/h2-3,6,8,10-11,14,18H,4-5,7,9,12-13H2,1H3/t18-/m0/s1. The molecule has 0 amide bonds. The second kappa shape index (κ2) is 6.93. The maximum Gasteiger partial charge on any atom is 0.243 e. The number of sulfonamides is 1. The largest absolute Gasteiger partial charge is 0.490 e. The zero-order valence-corrected chi connectivity index (χ0v) is 15.7. The zero-order valence-electron chi connectivity index (χ0n) is 14.8. The molecule has 0 unspecified atom stereocenters. The molecule has 26 heavy (non-hydrogen) atoms. The van der Waals surface area contributed by atoms with Crippen molar-refractivity contribution < 1.29 is 17.9 Å². The average molecular weight is 373 g/mol. The van der Waals surface area contributed by atoms with Gasteiger partial charge in [-0.3, -0.25) is 0 Å². The van der Waals surface area contributed by atoms with Crippen molar-refractivity contribution in [3.63, 3.8) is 0 Å². The predicted octanol–water partition coefficient (Wildman–Crippen LogP) is 3.55. The molecule has 0 N–H and O–H groups in total. The van der Waals surface area contributed by atoms with E-state index in [1.54, 1.807) is 25.2 Å². The topological polar surface area (TPSA) is 55.8 Å². The Labute approximate surface area is 154 Å². The van der Waals surface area contributed by atoms with Crippen molar-refractivity contribution in [2.45, 2.75) is 36.6 Å². The summed E-state index contributed by atoms with van der Waals surface area (Å²) in [5.74, 6) is 1.10. The number of hydrogen-bond donors (Lipinski definition) is 0. The van der Waals surface area contributed by atoms with Crippen molar-refractivity contribution in [3.8, 4) is 11.5 Å². The van der Waals surface area contributed by atoms with E-state index in [1.165, 1.54) is 9.87 Å². The van der Waals surface area contributed by atoms with E-state index in [9.17, 15) is 8.42 Å². The van der Waals surface area contributed by atoms with Gasteiger partial charge in [0, 0.05) is 25.6 Å². The molecule has 1 heterocycles. The highest BCUT2D eigenvalue weighted by Crippen LogP contribution is 2.38. The van der Waals surface area contributed by atoms with Gasteiger partial charge in [-0.15, -0.1) is 0 Å². The first-order chi connectivity index (χ1) is 12.6. The van der Waals surface area contributed by atoms with E-state index in [1.807, 2.05) is 18.2 Å². The van der Waals surface area contributed by atoms with Crippen molar-refractivity contribution in [2.24, 2.45) is 0 Å². The fraction of sp³-hybridized carbons (Fsp3) is 0.400. The molecule has 2 aromatic rings. The van der Waals surface area contributed by atoms with Gasteiger partial charge in [-0.05, 0) is 42.5 Å². The highest BCUT2D eigenvalue weighted by Gasteiger charge is 2.32. The third kappa shape index (κ3) is 3.08. The van der Waals surface area contributed by atoms with Crippen LogP contribution in [0.3, 0.4) is 0 Å². The van der Waals surface area contributed by atoms with E-state index < -0.39 is 10.0 Å². The van der Waals surface area contributed by atoms with Crippen LogP contribution >= 0.6 is 0 Å². The van der Waals surface area contributed by atoms with Gasteiger partial charge in [0.1, 0.15) is 0 Å². The highest BCUT2D eigenvalue weighted by atomic mass is 32.2. The van der Waals surface area contributed by atoms with E-state index in [0.717, 1.165) is 31.2 Å². The number of aryl methyl sites for hydroxylation is 1.